The molecule has 0 radical (unpaired) electrons. The zero-order chi connectivity index (χ0) is 21.2. The molecule has 2 aromatic rings. The van der Waals surface area contributed by atoms with Gasteiger partial charge in [0.1, 0.15) is 5.82 Å². The van der Waals surface area contributed by atoms with Gasteiger partial charge in [-0.05, 0) is 43.0 Å². The average molecular weight is 413 g/mol. The van der Waals surface area contributed by atoms with Crippen LogP contribution in [0.1, 0.15) is 30.9 Å². The number of piperidine rings is 1. The third kappa shape index (κ3) is 7.43. The number of benzene rings is 2. The molecule has 1 fully saturated rings. The SMILES string of the molecule is CCNC(=NCC(O)Cc1ccccc1)NC1CCN(Cc2ccc(F)cc2)CC1. The van der Waals surface area contributed by atoms with E-state index in [9.17, 15) is 9.50 Å². The van der Waals surface area contributed by atoms with Crippen LogP contribution in [0.25, 0.3) is 0 Å². The van der Waals surface area contributed by atoms with Crippen molar-refractivity contribution in [3.8, 4) is 0 Å². The van der Waals surface area contributed by atoms with Crippen LogP contribution in [0.5, 0.6) is 0 Å². The van der Waals surface area contributed by atoms with Crippen LogP contribution in [0.15, 0.2) is 59.6 Å². The fourth-order valence-electron chi connectivity index (χ4n) is 3.74. The van der Waals surface area contributed by atoms with Crippen LogP contribution >= 0.6 is 0 Å². The lowest BCUT2D eigenvalue weighted by Crippen LogP contribution is -2.48. The van der Waals surface area contributed by atoms with Crippen LogP contribution in [0.3, 0.4) is 0 Å². The molecule has 1 heterocycles. The second-order valence-electron chi connectivity index (χ2n) is 7.88. The number of halogens is 1. The second-order valence-corrected chi connectivity index (χ2v) is 7.88. The summed E-state index contributed by atoms with van der Waals surface area (Å²) in [5.41, 5.74) is 2.26. The van der Waals surface area contributed by atoms with E-state index in [-0.39, 0.29) is 5.82 Å². The molecule has 0 aliphatic carbocycles. The minimum absolute atomic E-state index is 0.189. The maximum absolute atomic E-state index is 13.1. The number of guanidine groups is 1. The molecule has 1 unspecified atom stereocenters. The van der Waals surface area contributed by atoms with Crippen LogP contribution in [-0.4, -0.2) is 54.3 Å². The lowest BCUT2D eigenvalue weighted by Gasteiger charge is -2.33. The van der Waals surface area contributed by atoms with Gasteiger partial charge in [-0.15, -0.1) is 0 Å². The molecule has 0 saturated carbocycles. The van der Waals surface area contributed by atoms with Crippen molar-refractivity contribution in [2.45, 2.75) is 44.9 Å². The molecule has 3 N–H and O–H groups in total. The van der Waals surface area contributed by atoms with Gasteiger partial charge < -0.3 is 15.7 Å². The Bertz CT molecular complexity index is 774. The van der Waals surface area contributed by atoms with E-state index in [2.05, 4.69) is 20.5 Å². The Morgan fingerprint density at radius 1 is 1.10 bits per heavy atom. The van der Waals surface area contributed by atoms with E-state index >= 15 is 0 Å². The monoisotopic (exact) mass is 412 g/mol. The quantitative estimate of drug-likeness (QED) is 0.461. The molecular weight excluding hydrogens is 379 g/mol. The van der Waals surface area contributed by atoms with Crippen LogP contribution < -0.4 is 10.6 Å². The van der Waals surface area contributed by atoms with Gasteiger partial charge in [0, 0.05) is 38.6 Å². The minimum atomic E-state index is -0.500. The molecule has 2 aromatic carbocycles. The summed E-state index contributed by atoms with van der Waals surface area (Å²) in [4.78, 5) is 7.00. The molecule has 1 atom stereocenters. The highest BCUT2D eigenvalue weighted by Crippen LogP contribution is 2.14. The first-order valence-corrected chi connectivity index (χ1v) is 10.9. The lowest BCUT2D eigenvalue weighted by atomic mass is 10.0. The van der Waals surface area contributed by atoms with Gasteiger partial charge in [-0.2, -0.15) is 0 Å². The Morgan fingerprint density at radius 3 is 2.47 bits per heavy atom. The highest BCUT2D eigenvalue weighted by atomic mass is 19.1. The maximum Gasteiger partial charge on any atom is 0.191 e. The summed E-state index contributed by atoms with van der Waals surface area (Å²) in [5.74, 6) is 0.576. The lowest BCUT2D eigenvalue weighted by molar-refractivity contribution is 0.183. The Morgan fingerprint density at radius 2 is 1.80 bits per heavy atom. The summed E-state index contributed by atoms with van der Waals surface area (Å²) < 4.78 is 13.1. The molecule has 1 aliphatic heterocycles. The van der Waals surface area contributed by atoms with Gasteiger partial charge in [0.05, 0.1) is 12.6 Å². The van der Waals surface area contributed by atoms with E-state index in [1.54, 1.807) is 0 Å². The van der Waals surface area contributed by atoms with E-state index in [4.69, 9.17) is 0 Å². The number of nitrogens with zero attached hydrogens (tertiary/aromatic N) is 2. The summed E-state index contributed by atoms with van der Waals surface area (Å²) in [6.45, 7) is 6.03. The molecule has 0 amide bonds. The largest absolute Gasteiger partial charge is 0.391 e. The third-order valence-electron chi connectivity index (χ3n) is 5.37. The number of hydrogen-bond donors (Lipinski definition) is 3. The number of rotatable bonds is 8. The van der Waals surface area contributed by atoms with E-state index in [1.165, 1.54) is 12.1 Å². The van der Waals surface area contributed by atoms with Gasteiger partial charge in [-0.25, -0.2) is 4.39 Å². The Kier molecular flexibility index (Phi) is 8.66. The predicted octanol–water partition coefficient (Wildman–Crippen LogP) is 2.95. The smallest absolute Gasteiger partial charge is 0.191 e. The van der Waals surface area contributed by atoms with Gasteiger partial charge in [0.2, 0.25) is 0 Å². The average Bonchev–Trinajstić information content (AvgIpc) is 2.76. The molecule has 30 heavy (non-hydrogen) atoms. The number of likely N-dealkylation sites (tertiary alicyclic amines) is 1. The molecule has 0 bridgehead atoms. The first-order chi connectivity index (χ1) is 14.6. The molecule has 1 aliphatic rings. The van der Waals surface area contributed by atoms with Crippen LogP contribution in [0.2, 0.25) is 0 Å². The van der Waals surface area contributed by atoms with E-state index < -0.39 is 6.10 Å². The summed E-state index contributed by atoms with van der Waals surface area (Å²) in [5, 5.41) is 17.1. The predicted molar refractivity (Wildman–Crippen MR) is 120 cm³/mol. The van der Waals surface area contributed by atoms with Crippen molar-refractivity contribution in [1.82, 2.24) is 15.5 Å². The molecule has 0 aromatic heterocycles. The van der Waals surface area contributed by atoms with Crippen LogP contribution in [0.4, 0.5) is 4.39 Å². The molecule has 0 spiro atoms. The van der Waals surface area contributed by atoms with Crippen LogP contribution in [0, 0.1) is 5.82 Å². The van der Waals surface area contributed by atoms with Crippen molar-refractivity contribution in [2.24, 2.45) is 4.99 Å². The number of hydrogen-bond acceptors (Lipinski definition) is 3. The second kappa shape index (κ2) is 11.7. The number of nitrogens with one attached hydrogen (secondary N) is 2. The Labute approximate surface area is 179 Å². The van der Waals surface area contributed by atoms with Crippen molar-refractivity contribution >= 4 is 5.96 Å². The first kappa shape index (κ1) is 22.2. The summed E-state index contributed by atoms with van der Waals surface area (Å²) >= 11 is 0. The van der Waals surface area contributed by atoms with Crippen molar-refractivity contribution in [2.75, 3.05) is 26.2 Å². The van der Waals surface area contributed by atoms with Crippen LogP contribution in [-0.2, 0) is 13.0 Å². The Balaban J connectivity index is 1.44. The molecule has 6 heteroatoms. The first-order valence-electron chi connectivity index (χ1n) is 10.9. The fraction of sp³-hybridized carbons (Fsp3) is 0.458. The molecule has 5 nitrogen and oxygen atoms in total. The van der Waals surface area contributed by atoms with Crippen molar-refractivity contribution in [3.05, 3.63) is 71.5 Å². The molecule has 3 rings (SSSR count). The minimum Gasteiger partial charge on any atom is -0.391 e. The topological polar surface area (TPSA) is 59.9 Å². The van der Waals surface area contributed by atoms with Crippen molar-refractivity contribution < 1.29 is 9.50 Å². The normalized spacial score (nSPS) is 17.0. The van der Waals surface area contributed by atoms with Gasteiger partial charge in [-0.1, -0.05) is 42.5 Å². The number of aliphatic imine (C=N–C) groups is 1. The van der Waals surface area contributed by atoms with Crippen molar-refractivity contribution in [1.29, 1.82) is 0 Å². The zero-order valence-corrected chi connectivity index (χ0v) is 17.7. The van der Waals surface area contributed by atoms with Gasteiger partial charge in [0.25, 0.3) is 0 Å². The van der Waals surface area contributed by atoms with Crippen molar-refractivity contribution in [3.63, 3.8) is 0 Å². The molecular formula is C24H33FN4O. The van der Waals surface area contributed by atoms with E-state index in [0.717, 1.165) is 56.1 Å². The van der Waals surface area contributed by atoms with E-state index in [0.29, 0.717) is 19.0 Å². The zero-order valence-electron chi connectivity index (χ0n) is 17.7. The third-order valence-corrected chi connectivity index (χ3v) is 5.37. The summed E-state index contributed by atoms with van der Waals surface area (Å²) in [6.07, 6.45) is 2.16. The molecule has 1 saturated heterocycles. The highest BCUT2D eigenvalue weighted by Gasteiger charge is 2.20. The van der Waals surface area contributed by atoms with Gasteiger partial charge >= 0.3 is 0 Å². The standard InChI is InChI=1S/C24H33FN4O/c1-2-26-24(27-17-23(30)16-19-6-4-3-5-7-19)28-22-12-14-29(15-13-22)18-20-8-10-21(25)11-9-20/h3-11,22-23,30H,2,12-18H2,1H3,(H2,26,27,28). The van der Waals surface area contributed by atoms with Gasteiger partial charge in [-0.3, -0.25) is 9.89 Å². The van der Waals surface area contributed by atoms with E-state index in [1.807, 2.05) is 49.4 Å². The highest BCUT2D eigenvalue weighted by molar-refractivity contribution is 5.80. The summed E-state index contributed by atoms with van der Waals surface area (Å²) in [6, 6.07) is 17.1. The fourth-order valence-corrected chi connectivity index (χ4v) is 3.74. The van der Waals surface area contributed by atoms with Gasteiger partial charge in [0.15, 0.2) is 5.96 Å². The maximum atomic E-state index is 13.1. The number of aliphatic hydroxyl groups excluding tert-OH is 1. The molecule has 162 valence electrons. The number of aliphatic hydroxyl groups is 1. The Hall–Kier alpha value is -2.44. The summed E-state index contributed by atoms with van der Waals surface area (Å²) in [7, 11) is 0.